The Morgan fingerprint density at radius 3 is 2.38 bits per heavy atom. The van der Waals surface area contributed by atoms with Crippen molar-refractivity contribution in [3.63, 3.8) is 0 Å². The molecule has 13 heavy (non-hydrogen) atoms. The fourth-order valence-electron chi connectivity index (χ4n) is 1.26. The lowest BCUT2D eigenvalue weighted by Crippen LogP contribution is -2.40. The van der Waals surface area contributed by atoms with Gasteiger partial charge < -0.3 is 14.9 Å². The Bertz CT molecular complexity index is 167. The number of rotatable bonds is 6. The van der Waals surface area contributed by atoms with E-state index in [0.29, 0.717) is 6.42 Å². The molecule has 0 heterocycles. The van der Waals surface area contributed by atoms with Crippen LogP contribution in [0.4, 0.5) is 0 Å². The molecule has 4 heteroatoms. The Morgan fingerprint density at radius 2 is 2.08 bits per heavy atom. The highest BCUT2D eigenvalue weighted by atomic mass is 16.5. The molecule has 0 fully saturated rings. The van der Waals surface area contributed by atoms with Crippen molar-refractivity contribution in [2.75, 3.05) is 13.2 Å². The normalized spacial score (nSPS) is 15.8. The van der Waals surface area contributed by atoms with Gasteiger partial charge >= 0.3 is 5.97 Å². The van der Waals surface area contributed by atoms with Crippen molar-refractivity contribution in [2.45, 2.75) is 32.8 Å². The van der Waals surface area contributed by atoms with E-state index in [1.54, 1.807) is 0 Å². The highest BCUT2D eigenvalue weighted by Crippen LogP contribution is 2.21. The molecule has 0 aromatic carbocycles. The molecular formula is C9H18O4. The first-order valence-electron chi connectivity index (χ1n) is 4.40. The monoisotopic (exact) mass is 190 g/mol. The third-order valence-corrected chi connectivity index (χ3v) is 1.76. The number of aliphatic hydroxyl groups excluding tert-OH is 1. The van der Waals surface area contributed by atoms with Gasteiger partial charge in [-0.15, -0.1) is 0 Å². The van der Waals surface area contributed by atoms with E-state index in [0.717, 1.165) is 0 Å². The van der Waals surface area contributed by atoms with Crippen LogP contribution in [0.2, 0.25) is 0 Å². The van der Waals surface area contributed by atoms with Gasteiger partial charge in [0.05, 0.1) is 13.2 Å². The molecule has 2 N–H and O–H groups in total. The van der Waals surface area contributed by atoms with Crippen LogP contribution in [-0.2, 0) is 9.53 Å². The predicted octanol–water partition coefficient (Wildman–Crippen LogP) is 0.885. The maximum Gasteiger partial charge on any atom is 0.335 e. The molecule has 0 radical (unpaired) electrons. The van der Waals surface area contributed by atoms with E-state index in [1.165, 1.54) is 6.92 Å². The van der Waals surface area contributed by atoms with E-state index in [1.807, 2.05) is 13.8 Å². The van der Waals surface area contributed by atoms with Gasteiger partial charge in [0.1, 0.15) is 0 Å². The van der Waals surface area contributed by atoms with Gasteiger partial charge in [0.15, 0.2) is 5.60 Å². The molecule has 78 valence electrons. The predicted molar refractivity (Wildman–Crippen MR) is 48.5 cm³/mol. The van der Waals surface area contributed by atoms with Gasteiger partial charge in [0, 0.05) is 0 Å². The molecule has 0 aliphatic carbocycles. The number of hydrogen-bond acceptors (Lipinski definition) is 3. The van der Waals surface area contributed by atoms with E-state index in [9.17, 15) is 4.79 Å². The van der Waals surface area contributed by atoms with Gasteiger partial charge in [-0.05, 0) is 19.3 Å². The molecule has 0 amide bonds. The SMILES string of the molecule is CC(C)CC(C)(OCCO)C(=O)O. The summed E-state index contributed by atoms with van der Waals surface area (Å²) in [6.07, 6.45) is 0.447. The molecule has 0 aliphatic heterocycles. The second-order valence-electron chi connectivity index (χ2n) is 3.71. The zero-order valence-corrected chi connectivity index (χ0v) is 8.41. The van der Waals surface area contributed by atoms with Crippen molar-refractivity contribution in [3.05, 3.63) is 0 Å². The second-order valence-corrected chi connectivity index (χ2v) is 3.71. The molecule has 0 saturated carbocycles. The Balaban J connectivity index is 4.25. The fraction of sp³-hybridized carbons (Fsp3) is 0.889. The van der Waals surface area contributed by atoms with Crippen LogP contribution < -0.4 is 0 Å². The number of hydrogen-bond donors (Lipinski definition) is 2. The lowest BCUT2D eigenvalue weighted by atomic mass is 9.94. The number of carboxylic acid groups (broad SMARTS) is 1. The largest absolute Gasteiger partial charge is 0.479 e. The van der Waals surface area contributed by atoms with Crippen molar-refractivity contribution < 1.29 is 19.7 Å². The second kappa shape index (κ2) is 5.19. The molecule has 0 bridgehead atoms. The summed E-state index contributed by atoms with van der Waals surface area (Å²) in [6.45, 7) is 5.31. The van der Waals surface area contributed by atoms with Crippen LogP contribution in [0.1, 0.15) is 27.2 Å². The summed E-state index contributed by atoms with van der Waals surface area (Å²) in [5.41, 5.74) is -1.17. The highest BCUT2D eigenvalue weighted by molar-refractivity contribution is 5.76. The molecule has 0 spiro atoms. The summed E-state index contributed by atoms with van der Waals surface area (Å²) in [7, 11) is 0. The Hall–Kier alpha value is -0.610. The number of carbonyl (C=O) groups is 1. The molecular weight excluding hydrogens is 172 g/mol. The minimum Gasteiger partial charge on any atom is -0.479 e. The molecule has 0 aromatic heterocycles. The van der Waals surface area contributed by atoms with E-state index < -0.39 is 11.6 Å². The zero-order valence-electron chi connectivity index (χ0n) is 8.41. The van der Waals surface area contributed by atoms with Crippen molar-refractivity contribution in [1.82, 2.24) is 0 Å². The fourth-order valence-corrected chi connectivity index (χ4v) is 1.26. The quantitative estimate of drug-likeness (QED) is 0.652. The highest BCUT2D eigenvalue weighted by Gasteiger charge is 2.34. The van der Waals surface area contributed by atoms with E-state index in [4.69, 9.17) is 14.9 Å². The third kappa shape index (κ3) is 4.24. The summed E-state index contributed by atoms with van der Waals surface area (Å²) in [6, 6.07) is 0. The van der Waals surface area contributed by atoms with Gasteiger partial charge in [-0.3, -0.25) is 0 Å². The average molecular weight is 190 g/mol. The van der Waals surface area contributed by atoms with Crippen molar-refractivity contribution in [2.24, 2.45) is 5.92 Å². The smallest absolute Gasteiger partial charge is 0.335 e. The standard InChI is InChI=1S/C9H18O4/c1-7(2)6-9(3,8(11)12)13-5-4-10/h7,10H,4-6H2,1-3H3,(H,11,12). The van der Waals surface area contributed by atoms with Crippen LogP contribution in [0, 0.1) is 5.92 Å². The summed E-state index contributed by atoms with van der Waals surface area (Å²) >= 11 is 0. The maximum absolute atomic E-state index is 10.9. The van der Waals surface area contributed by atoms with Gasteiger partial charge in [-0.2, -0.15) is 0 Å². The summed E-state index contributed by atoms with van der Waals surface area (Å²) in [5, 5.41) is 17.4. The minimum absolute atomic E-state index is 0.0650. The molecule has 0 aromatic rings. The van der Waals surface area contributed by atoms with Crippen LogP contribution in [0.3, 0.4) is 0 Å². The molecule has 0 saturated heterocycles. The lowest BCUT2D eigenvalue weighted by molar-refractivity contribution is -0.166. The van der Waals surface area contributed by atoms with Gasteiger partial charge in [-0.25, -0.2) is 4.79 Å². The van der Waals surface area contributed by atoms with Crippen LogP contribution in [0.15, 0.2) is 0 Å². The average Bonchev–Trinajstić information content (AvgIpc) is 1.99. The molecule has 1 unspecified atom stereocenters. The van der Waals surface area contributed by atoms with Crippen LogP contribution >= 0.6 is 0 Å². The number of aliphatic carboxylic acids is 1. The van der Waals surface area contributed by atoms with Crippen molar-refractivity contribution in [3.8, 4) is 0 Å². The molecule has 4 nitrogen and oxygen atoms in total. The Kier molecular flexibility index (Phi) is 4.95. The van der Waals surface area contributed by atoms with Gasteiger partial charge in [0.2, 0.25) is 0 Å². The zero-order chi connectivity index (χ0) is 10.5. The first kappa shape index (κ1) is 12.4. The van der Waals surface area contributed by atoms with Crippen LogP contribution in [-0.4, -0.2) is 35.0 Å². The molecule has 1 atom stereocenters. The Labute approximate surface area is 78.5 Å². The van der Waals surface area contributed by atoms with Crippen LogP contribution in [0.25, 0.3) is 0 Å². The number of ether oxygens (including phenoxy) is 1. The van der Waals surface area contributed by atoms with E-state index in [-0.39, 0.29) is 19.1 Å². The lowest BCUT2D eigenvalue weighted by Gasteiger charge is -2.26. The van der Waals surface area contributed by atoms with E-state index in [2.05, 4.69) is 0 Å². The number of carboxylic acids is 1. The van der Waals surface area contributed by atoms with Gasteiger partial charge in [0.25, 0.3) is 0 Å². The maximum atomic E-state index is 10.9. The first-order valence-corrected chi connectivity index (χ1v) is 4.40. The van der Waals surface area contributed by atoms with Gasteiger partial charge in [-0.1, -0.05) is 13.8 Å². The molecule has 0 aliphatic rings. The summed E-state index contributed by atoms with van der Waals surface area (Å²) < 4.78 is 5.10. The topological polar surface area (TPSA) is 66.8 Å². The van der Waals surface area contributed by atoms with Crippen molar-refractivity contribution >= 4 is 5.97 Å². The number of aliphatic hydroxyl groups is 1. The van der Waals surface area contributed by atoms with Crippen LogP contribution in [0.5, 0.6) is 0 Å². The minimum atomic E-state index is -1.17. The molecule has 0 rings (SSSR count). The first-order chi connectivity index (χ1) is 5.92. The summed E-state index contributed by atoms with van der Waals surface area (Å²) in [4.78, 5) is 10.9. The Morgan fingerprint density at radius 1 is 1.54 bits per heavy atom. The van der Waals surface area contributed by atoms with E-state index >= 15 is 0 Å². The van der Waals surface area contributed by atoms with Crippen molar-refractivity contribution in [1.29, 1.82) is 0 Å². The third-order valence-electron chi connectivity index (χ3n) is 1.76. The summed E-state index contributed by atoms with van der Waals surface area (Å²) in [5.74, 6) is -0.727.